The standard InChI is InChI=1S/C12H24N2O/c1-2-15-9-3-6-13-12-10-14-7-4-11(12)5-8-14/h11-13H,2-10H2,1H3. The first-order valence-electron chi connectivity index (χ1n) is 6.43. The van der Waals surface area contributed by atoms with Crippen LogP contribution in [0.1, 0.15) is 26.2 Å². The molecule has 0 aromatic rings. The zero-order valence-corrected chi connectivity index (χ0v) is 9.87. The topological polar surface area (TPSA) is 24.5 Å². The van der Waals surface area contributed by atoms with Crippen molar-refractivity contribution in [1.29, 1.82) is 0 Å². The second-order valence-electron chi connectivity index (χ2n) is 4.75. The van der Waals surface area contributed by atoms with Gasteiger partial charge in [0.1, 0.15) is 0 Å². The maximum Gasteiger partial charge on any atom is 0.0477 e. The molecule has 0 aromatic heterocycles. The van der Waals surface area contributed by atoms with Crippen molar-refractivity contribution in [2.75, 3.05) is 39.4 Å². The second-order valence-corrected chi connectivity index (χ2v) is 4.75. The molecule has 88 valence electrons. The van der Waals surface area contributed by atoms with Crippen molar-refractivity contribution in [1.82, 2.24) is 10.2 Å². The monoisotopic (exact) mass is 212 g/mol. The van der Waals surface area contributed by atoms with Crippen LogP contribution >= 0.6 is 0 Å². The fourth-order valence-electron chi connectivity index (χ4n) is 2.80. The number of nitrogens with one attached hydrogen (secondary N) is 1. The van der Waals surface area contributed by atoms with Gasteiger partial charge in [0.2, 0.25) is 0 Å². The molecule has 2 bridgehead atoms. The number of nitrogens with zero attached hydrogens (tertiary/aromatic N) is 1. The van der Waals surface area contributed by atoms with Crippen LogP contribution in [0, 0.1) is 5.92 Å². The van der Waals surface area contributed by atoms with E-state index in [-0.39, 0.29) is 0 Å². The molecule has 3 aliphatic heterocycles. The molecule has 1 atom stereocenters. The third-order valence-electron chi connectivity index (χ3n) is 3.73. The lowest BCUT2D eigenvalue weighted by molar-refractivity contribution is 0.0706. The molecule has 0 amide bonds. The Labute approximate surface area is 93.2 Å². The molecule has 3 nitrogen and oxygen atoms in total. The first kappa shape index (κ1) is 11.4. The molecule has 0 saturated carbocycles. The number of rotatable bonds is 6. The lowest BCUT2D eigenvalue weighted by Crippen LogP contribution is -2.56. The molecule has 1 N–H and O–H groups in total. The van der Waals surface area contributed by atoms with E-state index < -0.39 is 0 Å². The van der Waals surface area contributed by atoms with Gasteiger partial charge in [-0.2, -0.15) is 0 Å². The van der Waals surface area contributed by atoms with E-state index in [1.54, 1.807) is 0 Å². The zero-order valence-electron chi connectivity index (χ0n) is 9.87. The molecule has 3 heterocycles. The van der Waals surface area contributed by atoms with Crippen LogP contribution in [0.25, 0.3) is 0 Å². The summed E-state index contributed by atoms with van der Waals surface area (Å²) in [4.78, 5) is 2.60. The van der Waals surface area contributed by atoms with Crippen molar-refractivity contribution in [3.05, 3.63) is 0 Å². The van der Waals surface area contributed by atoms with Gasteiger partial charge in [-0.15, -0.1) is 0 Å². The van der Waals surface area contributed by atoms with Gasteiger partial charge in [0, 0.05) is 25.8 Å². The number of ether oxygens (including phenoxy) is 1. The Morgan fingerprint density at radius 1 is 1.33 bits per heavy atom. The highest BCUT2D eigenvalue weighted by molar-refractivity contribution is 4.90. The summed E-state index contributed by atoms with van der Waals surface area (Å²) in [5.41, 5.74) is 0. The van der Waals surface area contributed by atoms with E-state index in [0.717, 1.165) is 38.1 Å². The Morgan fingerprint density at radius 2 is 2.13 bits per heavy atom. The summed E-state index contributed by atoms with van der Waals surface area (Å²) in [5, 5.41) is 3.69. The molecule has 3 saturated heterocycles. The normalized spacial score (nSPS) is 34.6. The van der Waals surface area contributed by atoms with Gasteiger partial charge in [-0.3, -0.25) is 0 Å². The summed E-state index contributed by atoms with van der Waals surface area (Å²) >= 11 is 0. The van der Waals surface area contributed by atoms with E-state index >= 15 is 0 Å². The van der Waals surface area contributed by atoms with Crippen molar-refractivity contribution < 1.29 is 4.74 Å². The molecule has 3 rings (SSSR count). The van der Waals surface area contributed by atoms with Crippen molar-refractivity contribution in [3.8, 4) is 0 Å². The smallest absolute Gasteiger partial charge is 0.0477 e. The van der Waals surface area contributed by atoms with E-state index in [1.165, 1.54) is 32.5 Å². The predicted molar refractivity (Wildman–Crippen MR) is 62.1 cm³/mol. The summed E-state index contributed by atoms with van der Waals surface area (Å²) in [6.45, 7) is 8.88. The summed E-state index contributed by atoms with van der Waals surface area (Å²) < 4.78 is 5.33. The predicted octanol–water partition coefficient (Wildman–Crippen LogP) is 1.10. The van der Waals surface area contributed by atoms with E-state index in [4.69, 9.17) is 4.74 Å². The van der Waals surface area contributed by atoms with Gasteiger partial charge in [0.25, 0.3) is 0 Å². The SMILES string of the molecule is CCOCCCNC1CN2CCC1CC2. The number of hydrogen-bond acceptors (Lipinski definition) is 3. The molecular formula is C12H24N2O. The van der Waals surface area contributed by atoms with Crippen LogP contribution < -0.4 is 5.32 Å². The molecule has 0 aliphatic carbocycles. The number of piperidine rings is 3. The van der Waals surface area contributed by atoms with Crippen LogP contribution in [-0.2, 0) is 4.74 Å². The van der Waals surface area contributed by atoms with Crippen molar-refractivity contribution in [2.45, 2.75) is 32.2 Å². The minimum Gasteiger partial charge on any atom is -0.382 e. The van der Waals surface area contributed by atoms with Gasteiger partial charge in [-0.25, -0.2) is 0 Å². The van der Waals surface area contributed by atoms with Gasteiger partial charge < -0.3 is 15.0 Å². The number of fused-ring (bicyclic) bond motifs is 3. The van der Waals surface area contributed by atoms with Crippen LogP contribution in [0.5, 0.6) is 0 Å². The highest BCUT2D eigenvalue weighted by Gasteiger charge is 2.33. The van der Waals surface area contributed by atoms with E-state index in [1.807, 2.05) is 0 Å². The van der Waals surface area contributed by atoms with Crippen LogP contribution in [-0.4, -0.2) is 50.3 Å². The molecule has 0 radical (unpaired) electrons. The van der Waals surface area contributed by atoms with Crippen molar-refractivity contribution in [3.63, 3.8) is 0 Å². The van der Waals surface area contributed by atoms with Crippen LogP contribution in [0.4, 0.5) is 0 Å². The van der Waals surface area contributed by atoms with Gasteiger partial charge in [-0.05, 0) is 51.7 Å². The first-order chi connectivity index (χ1) is 7.40. The van der Waals surface area contributed by atoms with Gasteiger partial charge >= 0.3 is 0 Å². The van der Waals surface area contributed by atoms with Gasteiger partial charge in [0.15, 0.2) is 0 Å². The van der Waals surface area contributed by atoms with Crippen LogP contribution in [0.15, 0.2) is 0 Å². The highest BCUT2D eigenvalue weighted by atomic mass is 16.5. The fraction of sp³-hybridized carbons (Fsp3) is 1.00. The Bertz CT molecular complexity index is 178. The molecule has 3 fully saturated rings. The van der Waals surface area contributed by atoms with Crippen molar-refractivity contribution >= 4 is 0 Å². The van der Waals surface area contributed by atoms with Gasteiger partial charge in [-0.1, -0.05) is 0 Å². The minimum atomic E-state index is 0.758. The first-order valence-corrected chi connectivity index (χ1v) is 6.43. The zero-order chi connectivity index (χ0) is 10.5. The van der Waals surface area contributed by atoms with E-state index in [2.05, 4.69) is 17.1 Å². The Balaban J connectivity index is 1.59. The largest absolute Gasteiger partial charge is 0.382 e. The molecule has 0 aromatic carbocycles. The molecule has 1 unspecified atom stereocenters. The second kappa shape index (κ2) is 5.83. The quantitative estimate of drug-likeness (QED) is 0.667. The third kappa shape index (κ3) is 3.16. The lowest BCUT2D eigenvalue weighted by atomic mass is 9.84. The number of hydrogen-bond donors (Lipinski definition) is 1. The summed E-state index contributed by atoms with van der Waals surface area (Å²) in [5.74, 6) is 0.946. The molecule has 3 heteroatoms. The summed E-state index contributed by atoms with van der Waals surface area (Å²) in [6.07, 6.45) is 3.96. The maximum absolute atomic E-state index is 5.33. The Hall–Kier alpha value is -0.120. The minimum absolute atomic E-state index is 0.758. The van der Waals surface area contributed by atoms with Crippen LogP contribution in [0.3, 0.4) is 0 Å². The van der Waals surface area contributed by atoms with E-state index in [0.29, 0.717) is 0 Å². The highest BCUT2D eigenvalue weighted by Crippen LogP contribution is 2.27. The van der Waals surface area contributed by atoms with Crippen molar-refractivity contribution in [2.24, 2.45) is 5.92 Å². The summed E-state index contributed by atoms with van der Waals surface area (Å²) in [7, 11) is 0. The Morgan fingerprint density at radius 3 is 2.73 bits per heavy atom. The third-order valence-corrected chi connectivity index (χ3v) is 3.73. The lowest BCUT2D eigenvalue weighted by Gasteiger charge is -2.45. The summed E-state index contributed by atoms with van der Waals surface area (Å²) in [6, 6.07) is 0.758. The molecule has 15 heavy (non-hydrogen) atoms. The van der Waals surface area contributed by atoms with E-state index in [9.17, 15) is 0 Å². The van der Waals surface area contributed by atoms with Crippen LogP contribution in [0.2, 0.25) is 0 Å². The van der Waals surface area contributed by atoms with Gasteiger partial charge in [0.05, 0.1) is 0 Å². The molecule has 3 aliphatic rings. The molecular weight excluding hydrogens is 188 g/mol. The average molecular weight is 212 g/mol. The fourth-order valence-corrected chi connectivity index (χ4v) is 2.80. The maximum atomic E-state index is 5.33. The Kier molecular flexibility index (Phi) is 4.42. The molecule has 0 spiro atoms. The average Bonchev–Trinajstić information content (AvgIpc) is 2.30.